The molecule has 0 spiro atoms. The number of primary amides is 1. The van der Waals surface area contributed by atoms with Crippen LogP contribution in [0.4, 0.5) is 0 Å². The first-order valence-electron chi connectivity index (χ1n) is 7.78. The van der Waals surface area contributed by atoms with E-state index in [9.17, 15) is 9.59 Å². The van der Waals surface area contributed by atoms with Gasteiger partial charge >= 0.3 is 0 Å². The zero-order valence-electron chi connectivity index (χ0n) is 13.4. The minimum Gasteiger partial charge on any atom is -0.368 e. The highest BCUT2D eigenvalue weighted by Gasteiger charge is 2.16. The van der Waals surface area contributed by atoms with Gasteiger partial charge in [0, 0.05) is 16.6 Å². The van der Waals surface area contributed by atoms with Gasteiger partial charge in [0.2, 0.25) is 11.8 Å². The van der Waals surface area contributed by atoms with E-state index in [1.165, 1.54) is 0 Å². The molecule has 5 heteroatoms. The summed E-state index contributed by atoms with van der Waals surface area (Å²) in [5.74, 6) is -0.802. The summed E-state index contributed by atoms with van der Waals surface area (Å²) in [4.78, 5) is 23.5. The van der Waals surface area contributed by atoms with Gasteiger partial charge in [-0.2, -0.15) is 0 Å². The number of hydrogen-bond donors (Lipinski definition) is 2. The Morgan fingerprint density at radius 2 is 1.75 bits per heavy atom. The largest absolute Gasteiger partial charge is 0.368 e. The molecule has 5 nitrogen and oxygen atoms in total. The van der Waals surface area contributed by atoms with E-state index < -0.39 is 11.9 Å². The number of hydrogen-bond acceptors (Lipinski definition) is 2. The Bertz CT molecular complexity index is 884. The van der Waals surface area contributed by atoms with Crippen molar-refractivity contribution in [2.24, 2.45) is 5.73 Å². The van der Waals surface area contributed by atoms with Gasteiger partial charge in [-0.25, -0.2) is 0 Å². The van der Waals surface area contributed by atoms with Crippen LogP contribution in [0.1, 0.15) is 6.92 Å². The number of para-hydroxylation sites is 1. The smallest absolute Gasteiger partial charge is 0.240 e. The Labute approximate surface area is 140 Å². The van der Waals surface area contributed by atoms with Gasteiger partial charge in [0.15, 0.2) is 0 Å². The predicted octanol–water partition coefficient (Wildman–Crippen LogP) is 2.30. The second kappa shape index (κ2) is 6.58. The molecule has 3 aromatic rings. The molecule has 122 valence electrons. The topological polar surface area (TPSA) is 77.1 Å². The van der Waals surface area contributed by atoms with E-state index in [0.717, 1.165) is 22.2 Å². The number of carbonyl (C=O) groups excluding carboxylic acids is 2. The van der Waals surface area contributed by atoms with Crippen molar-refractivity contribution in [1.82, 2.24) is 9.88 Å². The van der Waals surface area contributed by atoms with Crippen molar-refractivity contribution in [3.05, 3.63) is 60.7 Å². The van der Waals surface area contributed by atoms with Crippen molar-refractivity contribution >= 4 is 22.7 Å². The van der Waals surface area contributed by atoms with Gasteiger partial charge < -0.3 is 15.6 Å². The van der Waals surface area contributed by atoms with E-state index >= 15 is 0 Å². The fourth-order valence-corrected chi connectivity index (χ4v) is 2.73. The van der Waals surface area contributed by atoms with Crippen molar-refractivity contribution in [2.45, 2.75) is 19.5 Å². The molecule has 2 amide bonds. The third-order valence-corrected chi connectivity index (χ3v) is 3.99. The maximum absolute atomic E-state index is 12.3. The van der Waals surface area contributed by atoms with Gasteiger partial charge in [-0.15, -0.1) is 0 Å². The lowest BCUT2D eigenvalue weighted by Gasteiger charge is -2.14. The quantitative estimate of drug-likeness (QED) is 0.756. The maximum Gasteiger partial charge on any atom is 0.240 e. The summed E-state index contributed by atoms with van der Waals surface area (Å²) in [5, 5.41) is 3.69. The van der Waals surface area contributed by atoms with Gasteiger partial charge in [-0.1, -0.05) is 48.5 Å². The molecular formula is C19H19N3O2. The number of nitrogens with one attached hydrogen (secondary N) is 1. The first-order valence-corrected chi connectivity index (χ1v) is 7.78. The average molecular weight is 321 g/mol. The molecule has 0 bridgehead atoms. The standard InChI is InChI=1S/C19H19N3O2/c1-13(19(20)24)21-18(23)12-22-16-10-6-5-9-15(16)11-17(22)14-7-3-2-4-8-14/h2-11,13H,12H2,1H3,(H2,20,24)(H,21,23)/t13-/m1/s1. The summed E-state index contributed by atoms with van der Waals surface area (Å²) in [6.45, 7) is 1.70. The molecule has 24 heavy (non-hydrogen) atoms. The number of nitrogens with zero attached hydrogens (tertiary/aromatic N) is 1. The molecule has 0 fully saturated rings. The van der Waals surface area contributed by atoms with Crippen LogP contribution in [0, 0.1) is 0 Å². The van der Waals surface area contributed by atoms with Crippen LogP contribution in [0.2, 0.25) is 0 Å². The van der Waals surface area contributed by atoms with E-state index in [1.54, 1.807) is 6.92 Å². The number of rotatable bonds is 5. The lowest BCUT2D eigenvalue weighted by Crippen LogP contribution is -2.43. The van der Waals surface area contributed by atoms with Crippen molar-refractivity contribution in [3.8, 4) is 11.3 Å². The van der Waals surface area contributed by atoms with Crippen LogP contribution >= 0.6 is 0 Å². The molecule has 0 aliphatic heterocycles. The first-order chi connectivity index (χ1) is 11.6. The van der Waals surface area contributed by atoms with Crippen LogP contribution in [0.15, 0.2) is 60.7 Å². The monoisotopic (exact) mass is 321 g/mol. The molecule has 0 saturated carbocycles. The first kappa shape index (κ1) is 15.8. The molecule has 0 unspecified atom stereocenters. The van der Waals surface area contributed by atoms with E-state index in [2.05, 4.69) is 11.4 Å². The van der Waals surface area contributed by atoms with Crippen LogP contribution < -0.4 is 11.1 Å². The highest BCUT2D eigenvalue weighted by atomic mass is 16.2. The van der Waals surface area contributed by atoms with Crippen molar-refractivity contribution in [1.29, 1.82) is 0 Å². The molecule has 1 atom stereocenters. The Balaban J connectivity index is 1.99. The number of benzene rings is 2. The van der Waals surface area contributed by atoms with Gasteiger partial charge in [0.05, 0.1) is 0 Å². The summed E-state index contributed by atoms with van der Waals surface area (Å²) in [6.07, 6.45) is 0. The second-order valence-corrected chi connectivity index (χ2v) is 5.73. The van der Waals surface area contributed by atoms with Crippen molar-refractivity contribution in [2.75, 3.05) is 0 Å². The van der Waals surface area contributed by atoms with E-state index in [1.807, 2.05) is 59.2 Å². The predicted molar refractivity (Wildman–Crippen MR) is 94.2 cm³/mol. The minimum atomic E-state index is -0.695. The second-order valence-electron chi connectivity index (χ2n) is 5.73. The highest BCUT2D eigenvalue weighted by molar-refractivity contribution is 5.90. The Morgan fingerprint density at radius 1 is 1.08 bits per heavy atom. The van der Waals surface area contributed by atoms with Gasteiger partial charge in [0.1, 0.15) is 12.6 Å². The molecule has 3 N–H and O–H groups in total. The molecule has 0 aliphatic carbocycles. The average Bonchev–Trinajstić information content (AvgIpc) is 2.94. The van der Waals surface area contributed by atoms with Gasteiger partial charge in [0.25, 0.3) is 0 Å². The lowest BCUT2D eigenvalue weighted by molar-refractivity contribution is -0.127. The number of carbonyl (C=O) groups is 2. The lowest BCUT2D eigenvalue weighted by atomic mass is 10.1. The summed E-state index contributed by atoms with van der Waals surface area (Å²) >= 11 is 0. The summed E-state index contributed by atoms with van der Waals surface area (Å²) in [7, 11) is 0. The van der Waals surface area contributed by atoms with Crippen LogP contribution in [0.3, 0.4) is 0 Å². The third kappa shape index (κ3) is 3.15. The summed E-state index contributed by atoms with van der Waals surface area (Å²) < 4.78 is 1.95. The normalized spacial score (nSPS) is 12.0. The Kier molecular flexibility index (Phi) is 4.33. The van der Waals surface area contributed by atoms with Crippen molar-refractivity contribution in [3.63, 3.8) is 0 Å². The molecule has 1 aromatic heterocycles. The molecule has 3 rings (SSSR count). The number of nitrogens with two attached hydrogens (primary N) is 1. The number of aromatic nitrogens is 1. The van der Waals surface area contributed by atoms with E-state index in [4.69, 9.17) is 5.73 Å². The molecule has 0 radical (unpaired) electrons. The summed E-state index contributed by atoms with van der Waals surface area (Å²) in [5.41, 5.74) is 8.17. The molecule has 0 aliphatic rings. The minimum absolute atomic E-state index is 0.120. The van der Waals surface area contributed by atoms with E-state index in [0.29, 0.717) is 0 Å². The highest BCUT2D eigenvalue weighted by Crippen LogP contribution is 2.28. The number of amides is 2. The zero-order valence-corrected chi connectivity index (χ0v) is 13.4. The maximum atomic E-state index is 12.3. The van der Waals surface area contributed by atoms with Crippen LogP contribution in [0.5, 0.6) is 0 Å². The fraction of sp³-hybridized carbons (Fsp3) is 0.158. The van der Waals surface area contributed by atoms with Gasteiger partial charge in [-0.05, 0) is 24.6 Å². The van der Waals surface area contributed by atoms with Gasteiger partial charge in [-0.3, -0.25) is 9.59 Å². The van der Waals surface area contributed by atoms with Crippen LogP contribution in [-0.4, -0.2) is 22.4 Å². The molecular weight excluding hydrogens is 302 g/mol. The number of fused-ring (bicyclic) bond motifs is 1. The van der Waals surface area contributed by atoms with Crippen LogP contribution in [0.25, 0.3) is 22.2 Å². The Hall–Kier alpha value is -3.08. The molecule has 2 aromatic carbocycles. The molecule has 0 saturated heterocycles. The SMILES string of the molecule is C[C@@H](NC(=O)Cn1c(-c2ccccc2)cc2ccccc21)C(N)=O. The summed E-state index contributed by atoms with van der Waals surface area (Å²) in [6, 6.07) is 19.2. The fourth-order valence-electron chi connectivity index (χ4n) is 2.73. The third-order valence-electron chi connectivity index (χ3n) is 3.99. The molecule has 1 heterocycles. The van der Waals surface area contributed by atoms with E-state index in [-0.39, 0.29) is 12.5 Å². The van der Waals surface area contributed by atoms with Crippen LogP contribution in [-0.2, 0) is 16.1 Å². The Morgan fingerprint density at radius 3 is 2.46 bits per heavy atom. The zero-order chi connectivity index (χ0) is 17.1. The van der Waals surface area contributed by atoms with Crippen molar-refractivity contribution < 1.29 is 9.59 Å².